The van der Waals surface area contributed by atoms with E-state index in [0.29, 0.717) is 33.7 Å². The van der Waals surface area contributed by atoms with Crippen LogP contribution in [0.25, 0.3) is 4.91 Å². The van der Waals surface area contributed by atoms with Gasteiger partial charge in [-0.3, -0.25) is 14.3 Å². The highest BCUT2D eigenvalue weighted by molar-refractivity contribution is 8.14. The van der Waals surface area contributed by atoms with Crippen molar-refractivity contribution in [3.05, 3.63) is 55.3 Å². The van der Waals surface area contributed by atoms with Gasteiger partial charge in [0, 0.05) is 45.2 Å². The lowest BCUT2D eigenvalue weighted by molar-refractivity contribution is 0.103. The summed E-state index contributed by atoms with van der Waals surface area (Å²) in [7, 11) is -3.46. The molecule has 0 fully saturated rings. The van der Waals surface area contributed by atoms with E-state index in [1.54, 1.807) is 43.4 Å². The molecule has 0 unspecified atom stereocenters. The summed E-state index contributed by atoms with van der Waals surface area (Å²) in [5.74, 6) is 1.43. The second-order valence-electron chi connectivity index (χ2n) is 6.84. The van der Waals surface area contributed by atoms with Crippen LogP contribution in [-0.2, 0) is 16.4 Å². The van der Waals surface area contributed by atoms with Gasteiger partial charge in [0.05, 0.1) is 10.6 Å². The number of ketones is 1. The molecule has 0 radical (unpaired) electrons. The third-order valence-electron chi connectivity index (χ3n) is 5.09. The minimum absolute atomic E-state index is 0.0274. The monoisotopic (exact) mass is 436 g/mol. The van der Waals surface area contributed by atoms with E-state index in [1.165, 1.54) is 10.9 Å². The number of carbonyl (C=O) groups excluding carboxylic acids is 1. The Morgan fingerprint density at radius 3 is 2.61 bits per heavy atom. The molecule has 0 saturated carbocycles. The standard InChI is InChI=1S/C19H20N2O4S3/c1-4-21-19(23)13(8-20-21)16(22)12-7-10(2)18-15(11(12)3)17-14(9-28(18,24)25)26-5-6-27-17/h7-8,20H,4-6,9H2,1-3H3. The Kier molecular flexibility index (Phi) is 4.87. The molecule has 28 heavy (non-hydrogen) atoms. The summed E-state index contributed by atoms with van der Waals surface area (Å²) in [6, 6.07) is 1.61. The summed E-state index contributed by atoms with van der Waals surface area (Å²) in [4.78, 5) is 27.8. The molecule has 9 heteroatoms. The number of aryl methyl sites for hydroxylation is 2. The van der Waals surface area contributed by atoms with Crippen molar-refractivity contribution in [2.24, 2.45) is 0 Å². The first-order chi connectivity index (χ1) is 13.3. The molecule has 3 heterocycles. The number of thioether (sulfide) groups is 2. The van der Waals surface area contributed by atoms with Gasteiger partial charge in [-0.05, 0) is 38.0 Å². The topological polar surface area (TPSA) is 89.0 Å². The number of nitrogens with one attached hydrogen (secondary N) is 1. The van der Waals surface area contributed by atoms with Gasteiger partial charge in [0.2, 0.25) is 0 Å². The zero-order valence-corrected chi connectivity index (χ0v) is 18.2. The average molecular weight is 437 g/mol. The van der Waals surface area contributed by atoms with Crippen molar-refractivity contribution < 1.29 is 13.2 Å². The van der Waals surface area contributed by atoms with Gasteiger partial charge in [-0.1, -0.05) is 0 Å². The van der Waals surface area contributed by atoms with Crippen LogP contribution in [0.1, 0.15) is 39.5 Å². The fourth-order valence-electron chi connectivity index (χ4n) is 3.77. The summed E-state index contributed by atoms with van der Waals surface area (Å²) in [6.45, 7) is 5.76. The molecule has 1 N–H and O–H groups in total. The van der Waals surface area contributed by atoms with E-state index < -0.39 is 9.84 Å². The van der Waals surface area contributed by atoms with Gasteiger partial charge >= 0.3 is 0 Å². The molecule has 148 valence electrons. The van der Waals surface area contributed by atoms with Crippen LogP contribution in [0, 0.1) is 13.8 Å². The van der Waals surface area contributed by atoms with Crippen LogP contribution in [0.2, 0.25) is 0 Å². The Labute approximate surface area is 171 Å². The lowest BCUT2D eigenvalue weighted by atomic mass is 9.93. The first-order valence-electron chi connectivity index (χ1n) is 8.95. The molecule has 0 atom stereocenters. The molecule has 1 aromatic carbocycles. The number of hydrogen-bond donors (Lipinski definition) is 1. The summed E-state index contributed by atoms with van der Waals surface area (Å²) < 4.78 is 27.3. The molecule has 4 rings (SSSR count). The Balaban J connectivity index is 1.97. The van der Waals surface area contributed by atoms with Crippen LogP contribution in [0.3, 0.4) is 0 Å². The predicted molar refractivity (Wildman–Crippen MR) is 114 cm³/mol. The number of sulfone groups is 1. The molecule has 0 spiro atoms. The number of aromatic amines is 1. The molecule has 0 amide bonds. The van der Waals surface area contributed by atoms with Crippen molar-refractivity contribution in [3.63, 3.8) is 0 Å². The number of aromatic nitrogens is 2. The maximum absolute atomic E-state index is 13.2. The maximum Gasteiger partial charge on any atom is 0.277 e. The third kappa shape index (κ3) is 2.91. The highest BCUT2D eigenvalue weighted by atomic mass is 32.2. The van der Waals surface area contributed by atoms with Crippen LogP contribution in [0.15, 0.2) is 26.9 Å². The largest absolute Gasteiger partial charge is 0.302 e. The van der Waals surface area contributed by atoms with Crippen LogP contribution < -0.4 is 5.56 Å². The smallest absolute Gasteiger partial charge is 0.277 e. The number of H-pyrrole nitrogens is 1. The van der Waals surface area contributed by atoms with E-state index in [1.807, 2.05) is 6.92 Å². The second-order valence-corrected chi connectivity index (χ2v) is 11.1. The van der Waals surface area contributed by atoms with Gasteiger partial charge in [0.25, 0.3) is 5.56 Å². The molecule has 2 aliphatic rings. The highest BCUT2D eigenvalue weighted by Crippen LogP contribution is 2.49. The lowest BCUT2D eigenvalue weighted by Gasteiger charge is -2.29. The summed E-state index contributed by atoms with van der Waals surface area (Å²) in [5, 5.41) is 2.80. The van der Waals surface area contributed by atoms with E-state index >= 15 is 0 Å². The first-order valence-corrected chi connectivity index (χ1v) is 12.6. The molecule has 0 aliphatic carbocycles. The molecule has 1 aromatic heterocycles. The van der Waals surface area contributed by atoms with Crippen LogP contribution in [0.4, 0.5) is 0 Å². The Hall–Kier alpha value is -1.71. The fourth-order valence-corrected chi connectivity index (χ4v) is 8.81. The van der Waals surface area contributed by atoms with Crippen LogP contribution in [-0.4, -0.2) is 41.2 Å². The lowest BCUT2D eigenvalue weighted by Crippen LogP contribution is -2.24. The van der Waals surface area contributed by atoms with Gasteiger partial charge in [0.15, 0.2) is 15.6 Å². The molecular weight excluding hydrogens is 416 g/mol. The normalized spacial score (nSPS) is 18.0. The summed E-state index contributed by atoms with van der Waals surface area (Å²) >= 11 is 3.23. The van der Waals surface area contributed by atoms with E-state index in [9.17, 15) is 18.0 Å². The zero-order valence-electron chi connectivity index (χ0n) is 15.8. The van der Waals surface area contributed by atoms with Crippen molar-refractivity contribution in [1.82, 2.24) is 9.78 Å². The zero-order chi connectivity index (χ0) is 20.2. The van der Waals surface area contributed by atoms with Crippen LogP contribution in [0.5, 0.6) is 0 Å². The molecule has 6 nitrogen and oxygen atoms in total. The van der Waals surface area contributed by atoms with Crippen LogP contribution >= 0.6 is 23.5 Å². The van der Waals surface area contributed by atoms with Crippen molar-refractivity contribution in [3.8, 4) is 0 Å². The van der Waals surface area contributed by atoms with Crippen molar-refractivity contribution in [1.29, 1.82) is 0 Å². The molecular formula is C19H20N2O4S3. The molecule has 0 bridgehead atoms. The maximum atomic E-state index is 13.2. The number of fused-ring (bicyclic) bond motifs is 2. The number of rotatable bonds is 3. The number of nitrogens with zero attached hydrogens (tertiary/aromatic N) is 1. The highest BCUT2D eigenvalue weighted by Gasteiger charge is 2.36. The number of carbonyl (C=O) groups is 1. The van der Waals surface area contributed by atoms with Gasteiger partial charge in [-0.2, -0.15) is 0 Å². The van der Waals surface area contributed by atoms with Gasteiger partial charge in [0.1, 0.15) is 5.56 Å². The van der Waals surface area contributed by atoms with E-state index in [2.05, 4.69) is 5.10 Å². The predicted octanol–water partition coefficient (Wildman–Crippen LogP) is 2.98. The Morgan fingerprint density at radius 1 is 1.21 bits per heavy atom. The molecule has 2 aliphatic heterocycles. The number of hydrogen-bond acceptors (Lipinski definition) is 6. The average Bonchev–Trinajstić information content (AvgIpc) is 3.03. The van der Waals surface area contributed by atoms with Gasteiger partial charge < -0.3 is 5.10 Å². The second kappa shape index (κ2) is 6.96. The minimum atomic E-state index is -3.46. The number of benzene rings is 1. The fraction of sp³-hybridized carbons (Fsp3) is 0.368. The van der Waals surface area contributed by atoms with Gasteiger partial charge in [-0.25, -0.2) is 8.42 Å². The van der Waals surface area contributed by atoms with Crippen molar-refractivity contribution in [2.45, 2.75) is 32.2 Å². The minimum Gasteiger partial charge on any atom is -0.302 e. The first kappa shape index (κ1) is 19.6. The van der Waals surface area contributed by atoms with E-state index in [0.717, 1.165) is 21.3 Å². The molecule has 2 aromatic rings. The summed E-state index contributed by atoms with van der Waals surface area (Å²) in [6.07, 6.45) is 1.43. The van der Waals surface area contributed by atoms with Crippen molar-refractivity contribution in [2.75, 3.05) is 17.3 Å². The van der Waals surface area contributed by atoms with Gasteiger partial charge in [-0.15, -0.1) is 23.5 Å². The van der Waals surface area contributed by atoms with E-state index in [4.69, 9.17) is 0 Å². The van der Waals surface area contributed by atoms with E-state index in [-0.39, 0.29) is 22.7 Å². The summed E-state index contributed by atoms with van der Waals surface area (Å²) in [5.41, 5.74) is 1.92. The molecule has 0 saturated heterocycles. The third-order valence-corrected chi connectivity index (χ3v) is 9.73. The quantitative estimate of drug-likeness (QED) is 0.744. The SMILES string of the molecule is CCn1[nH]cc(C(=O)c2cc(C)c3c(c2C)C2=C(CS3(=O)=O)SCCS2)c1=O. The Bertz CT molecular complexity index is 1200. The Morgan fingerprint density at radius 2 is 1.93 bits per heavy atom. The van der Waals surface area contributed by atoms with Crippen molar-refractivity contribution >= 4 is 44.0 Å².